The van der Waals surface area contributed by atoms with Crippen LogP contribution in [0.2, 0.25) is 5.02 Å². The van der Waals surface area contributed by atoms with Gasteiger partial charge in [-0.1, -0.05) is 23.7 Å². The van der Waals surface area contributed by atoms with Crippen molar-refractivity contribution in [3.05, 3.63) is 46.9 Å². The Kier molecular flexibility index (Phi) is 4.78. The number of nitrogens with zero attached hydrogens (tertiary/aromatic N) is 1. The number of carbonyl (C=O) groups excluding carboxylic acids is 2. The molecule has 1 aromatic heterocycles. The lowest BCUT2D eigenvalue weighted by molar-refractivity contribution is 0.0822. The molecule has 2 amide bonds. The fraction of sp³-hybridized carbons (Fsp3) is 0.154. The van der Waals surface area contributed by atoms with Crippen LogP contribution in [0.25, 0.3) is 0 Å². The van der Waals surface area contributed by atoms with E-state index in [-0.39, 0.29) is 22.4 Å². The summed E-state index contributed by atoms with van der Waals surface area (Å²) in [5, 5.41) is 0.277. The lowest BCUT2D eigenvalue weighted by Crippen LogP contribution is -2.41. The summed E-state index contributed by atoms with van der Waals surface area (Å²) in [5.74, 6) is -1.36. The molecular weight excluding hydrogens is 298 g/mol. The zero-order chi connectivity index (χ0) is 15.2. The zero-order valence-corrected chi connectivity index (χ0v) is 11.8. The summed E-state index contributed by atoms with van der Waals surface area (Å²) < 4.78 is 10.1. The van der Waals surface area contributed by atoms with Crippen LogP contribution in [0, 0.1) is 0 Å². The average Bonchev–Trinajstić information content (AvgIpc) is 2.94. The number of benzene rings is 1. The number of aromatic nitrogens is 1. The average molecular weight is 310 g/mol. The van der Waals surface area contributed by atoms with Gasteiger partial charge in [-0.15, -0.1) is 0 Å². The second kappa shape index (κ2) is 6.76. The third-order valence-corrected chi connectivity index (χ3v) is 2.70. The highest BCUT2D eigenvalue weighted by molar-refractivity contribution is 6.33. The maximum absolute atomic E-state index is 11.8. The molecule has 2 N–H and O–H groups in total. The molecule has 0 saturated carbocycles. The van der Waals surface area contributed by atoms with Gasteiger partial charge in [0, 0.05) is 0 Å². The Morgan fingerprint density at radius 2 is 2.00 bits per heavy atom. The van der Waals surface area contributed by atoms with Crippen LogP contribution in [-0.2, 0) is 0 Å². The van der Waals surface area contributed by atoms with Crippen LogP contribution in [0.5, 0.6) is 5.95 Å². The van der Waals surface area contributed by atoms with Gasteiger partial charge in [0.2, 0.25) is 0 Å². The smallest absolute Gasteiger partial charge is 0.325 e. The fourth-order valence-electron chi connectivity index (χ4n) is 1.45. The van der Waals surface area contributed by atoms with E-state index in [4.69, 9.17) is 20.8 Å². The predicted octanol–water partition coefficient (Wildman–Crippen LogP) is 1.80. The summed E-state index contributed by atoms with van der Waals surface area (Å²) in [5.41, 5.74) is 4.62. The van der Waals surface area contributed by atoms with Crippen LogP contribution < -0.4 is 15.6 Å². The molecule has 0 atom stereocenters. The molecule has 0 spiro atoms. The van der Waals surface area contributed by atoms with Crippen molar-refractivity contribution in [2.75, 3.05) is 6.61 Å². The van der Waals surface area contributed by atoms with Crippen molar-refractivity contribution in [2.24, 2.45) is 0 Å². The monoisotopic (exact) mass is 309 g/mol. The fourth-order valence-corrected chi connectivity index (χ4v) is 1.67. The first-order valence-electron chi connectivity index (χ1n) is 6.05. The molecule has 0 fully saturated rings. The van der Waals surface area contributed by atoms with Crippen LogP contribution in [0.1, 0.15) is 28.0 Å². The maximum atomic E-state index is 11.8. The minimum Gasteiger partial charge on any atom is -0.464 e. The van der Waals surface area contributed by atoms with Gasteiger partial charge in [-0.2, -0.15) is 0 Å². The van der Waals surface area contributed by atoms with E-state index in [1.807, 2.05) is 0 Å². The van der Waals surface area contributed by atoms with Crippen LogP contribution >= 0.6 is 11.6 Å². The highest BCUT2D eigenvalue weighted by Gasteiger charge is 2.16. The van der Waals surface area contributed by atoms with E-state index in [1.54, 1.807) is 25.1 Å². The van der Waals surface area contributed by atoms with E-state index < -0.39 is 11.8 Å². The van der Waals surface area contributed by atoms with Crippen molar-refractivity contribution >= 4 is 23.4 Å². The predicted molar refractivity (Wildman–Crippen MR) is 74.1 cm³/mol. The van der Waals surface area contributed by atoms with E-state index in [1.165, 1.54) is 12.3 Å². The Morgan fingerprint density at radius 1 is 1.29 bits per heavy atom. The van der Waals surface area contributed by atoms with Crippen molar-refractivity contribution in [3.63, 3.8) is 0 Å². The second-order valence-corrected chi connectivity index (χ2v) is 4.21. The normalized spacial score (nSPS) is 10.0. The minimum absolute atomic E-state index is 0.125. The van der Waals surface area contributed by atoms with Crippen LogP contribution in [-0.4, -0.2) is 23.4 Å². The Labute approximate surface area is 125 Å². The molecule has 21 heavy (non-hydrogen) atoms. The van der Waals surface area contributed by atoms with Gasteiger partial charge < -0.3 is 9.15 Å². The summed E-state index contributed by atoms with van der Waals surface area (Å²) >= 11 is 5.87. The van der Waals surface area contributed by atoms with Gasteiger partial charge >= 0.3 is 11.9 Å². The lowest BCUT2D eigenvalue weighted by Gasteiger charge is -2.06. The van der Waals surface area contributed by atoms with Gasteiger partial charge in [-0.05, 0) is 19.1 Å². The van der Waals surface area contributed by atoms with Gasteiger partial charge in [0.1, 0.15) is 6.20 Å². The summed E-state index contributed by atoms with van der Waals surface area (Å²) in [7, 11) is 0. The topological polar surface area (TPSA) is 93.5 Å². The van der Waals surface area contributed by atoms with Gasteiger partial charge in [-0.25, -0.2) is 4.98 Å². The standard InChI is InChI=1S/C13H12ClN3O4/c1-2-20-10-7-15-13(21-10)12(19)17-16-11(18)8-5-3-4-6-9(8)14/h3-7H,2H2,1H3,(H,16,18)(H,17,19). The van der Waals surface area contributed by atoms with E-state index >= 15 is 0 Å². The highest BCUT2D eigenvalue weighted by Crippen LogP contribution is 2.14. The van der Waals surface area contributed by atoms with Crippen LogP contribution in [0.3, 0.4) is 0 Å². The molecule has 0 unspecified atom stereocenters. The van der Waals surface area contributed by atoms with Gasteiger partial charge in [0.25, 0.3) is 11.8 Å². The van der Waals surface area contributed by atoms with Crippen molar-refractivity contribution in [2.45, 2.75) is 6.92 Å². The number of oxazole rings is 1. The second-order valence-electron chi connectivity index (χ2n) is 3.81. The minimum atomic E-state index is -0.707. The number of hydrogen-bond donors (Lipinski definition) is 2. The first-order chi connectivity index (χ1) is 10.1. The number of carbonyl (C=O) groups is 2. The van der Waals surface area contributed by atoms with E-state index in [2.05, 4.69) is 15.8 Å². The summed E-state index contributed by atoms with van der Waals surface area (Å²) in [6.07, 6.45) is 1.27. The molecule has 8 heteroatoms. The Bertz CT molecular complexity index is 656. The van der Waals surface area contributed by atoms with Gasteiger partial charge in [0.05, 0.1) is 17.2 Å². The van der Waals surface area contributed by atoms with Crippen molar-refractivity contribution < 1.29 is 18.7 Å². The third-order valence-electron chi connectivity index (χ3n) is 2.37. The SMILES string of the molecule is CCOc1cnc(C(=O)NNC(=O)c2ccccc2Cl)o1. The Hall–Kier alpha value is -2.54. The number of hydrazine groups is 1. The Morgan fingerprint density at radius 3 is 2.71 bits per heavy atom. The maximum Gasteiger partial charge on any atom is 0.325 e. The van der Waals surface area contributed by atoms with E-state index in [0.29, 0.717) is 6.61 Å². The quantitative estimate of drug-likeness (QED) is 0.840. The number of rotatable bonds is 4. The molecule has 2 rings (SSSR count). The van der Waals surface area contributed by atoms with Crippen molar-refractivity contribution in [3.8, 4) is 5.95 Å². The van der Waals surface area contributed by atoms with Gasteiger partial charge in [0.15, 0.2) is 0 Å². The molecule has 2 aromatic rings. The van der Waals surface area contributed by atoms with Crippen LogP contribution in [0.15, 0.2) is 34.9 Å². The number of ether oxygens (including phenoxy) is 1. The third kappa shape index (κ3) is 3.73. The molecule has 110 valence electrons. The number of nitrogens with one attached hydrogen (secondary N) is 2. The van der Waals surface area contributed by atoms with Crippen molar-refractivity contribution in [1.82, 2.24) is 15.8 Å². The lowest BCUT2D eigenvalue weighted by atomic mass is 10.2. The first-order valence-corrected chi connectivity index (χ1v) is 6.43. The molecule has 0 aliphatic heterocycles. The molecular formula is C13H12ClN3O4. The molecule has 0 radical (unpaired) electrons. The molecule has 0 aliphatic rings. The molecule has 0 bridgehead atoms. The molecule has 1 heterocycles. The summed E-state index contributed by atoms with van der Waals surface area (Å²) in [6.45, 7) is 2.16. The molecule has 1 aromatic carbocycles. The molecule has 0 saturated heterocycles. The molecule has 0 aliphatic carbocycles. The number of halogens is 1. The summed E-state index contributed by atoms with van der Waals surface area (Å²) in [4.78, 5) is 27.3. The zero-order valence-electron chi connectivity index (χ0n) is 11.1. The van der Waals surface area contributed by atoms with Crippen LogP contribution in [0.4, 0.5) is 0 Å². The van der Waals surface area contributed by atoms with E-state index in [9.17, 15) is 9.59 Å². The number of hydrogen-bond acceptors (Lipinski definition) is 5. The number of amides is 2. The summed E-state index contributed by atoms with van der Waals surface area (Å²) in [6, 6.07) is 6.45. The first kappa shape index (κ1) is 14.9. The Balaban J connectivity index is 1.94. The van der Waals surface area contributed by atoms with Gasteiger partial charge in [-0.3, -0.25) is 20.4 Å². The molecule has 7 nitrogen and oxygen atoms in total. The van der Waals surface area contributed by atoms with E-state index in [0.717, 1.165) is 0 Å². The largest absolute Gasteiger partial charge is 0.464 e. The van der Waals surface area contributed by atoms with Crippen molar-refractivity contribution in [1.29, 1.82) is 0 Å². The highest BCUT2D eigenvalue weighted by atomic mass is 35.5.